The summed E-state index contributed by atoms with van der Waals surface area (Å²) < 4.78 is 38.8. The molecule has 148 valence electrons. The molecule has 0 fully saturated rings. The maximum atomic E-state index is 13.0. The van der Waals surface area contributed by atoms with Crippen LogP contribution in [0.2, 0.25) is 0 Å². The Morgan fingerprint density at radius 3 is 2.52 bits per heavy atom. The first kappa shape index (κ1) is 18.8. The molecule has 4 aromatic rings. The van der Waals surface area contributed by atoms with E-state index in [1.54, 1.807) is 44.2 Å². The van der Waals surface area contributed by atoms with Crippen LogP contribution in [0.15, 0.2) is 68.8 Å². The van der Waals surface area contributed by atoms with Gasteiger partial charge < -0.3 is 14.0 Å². The summed E-state index contributed by atoms with van der Waals surface area (Å²) in [5.74, 6) is 0.307. The Bertz CT molecular complexity index is 1280. The molecule has 0 spiro atoms. The van der Waals surface area contributed by atoms with Gasteiger partial charge in [-0.3, -0.25) is 0 Å². The van der Waals surface area contributed by atoms with E-state index in [2.05, 4.69) is 14.9 Å². The van der Waals surface area contributed by atoms with E-state index in [4.69, 9.17) is 8.94 Å². The van der Waals surface area contributed by atoms with Crippen molar-refractivity contribution < 1.29 is 22.5 Å². The molecular weight excluding hydrogens is 394 g/mol. The summed E-state index contributed by atoms with van der Waals surface area (Å²) in [6, 6.07) is 11.2. The van der Waals surface area contributed by atoms with E-state index < -0.39 is 10.0 Å². The number of hydrogen-bond donors (Lipinski definition) is 2. The number of hydrogen-bond acceptors (Lipinski definition) is 7. The molecule has 4 rings (SSSR count). The highest BCUT2D eigenvalue weighted by atomic mass is 32.2. The maximum absolute atomic E-state index is 13.0. The van der Waals surface area contributed by atoms with Crippen molar-refractivity contribution in [2.75, 3.05) is 4.72 Å². The van der Waals surface area contributed by atoms with Gasteiger partial charge >= 0.3 is 0 Å². The van der Waals surface area contributed by atoms with Gasteiger partial charge in [0.2, 0.25) is 11.8 Å². The number of aromatic hydroxyl groups is 1. The largest absolute Gasteiger partial charge is 0.507 e. The summed E-state index contributed by atoms with van der Waals surface area (Å²) in [5.41, 5.74) is 2.46. The number of benzene rings is 2. The Morgan fingerprint density at radius 2 is 1.86 bits per heavy atom. The van der Waals surface area contributed by atoms with Crippen molar-refractivity contribution in [2.45, 2.75) is 18.7 Å². The summed E-state index contributed by atoms with van der Waals surface area (Å²) in [6.45, 7) is 3.43. The third-order valence-corrected chi connectivity index (χ3v) is 5.92. The number of rotatable bonds is 5. The zero-order valence-electron chi connectivity index (χ0n) is 15.6. The molecule has 0 aliphatic rings. The van der Waals surface area contributed by atoms with Gasteiger partial charge in [0.05, 0.1) is 16.8 Å². The molecule has 0 atom stereocenters. The quantitative estimate of drug-likeness (QED) is 0.507. The molecule has 29 heavy (non-hydrogen) atoms. The molecule has 0 saturated heterocycles. The van der Waals surface area contributed by atoms with Gasteiger partial charge in [-0.05, 0) is 38.1 Å². The Morgan fingerprint density at radius 1 is 1.07 bits per heavy atom. The van der Waals surface area contributed by atoms with Crippen molar-refractivity contribution in [3.05, 3.63) is 66.2 Å². The summed E-state index contributed by atoms with van der Waals surface area (Å²) in [6.07, 6.45) is 2.93. The second-order valence-electron chi connectivity index (χ2n) is 6.39. The molecule has 2 aromatic carbocycles. The molecule has 9 heteroatoms. The molecule has 0 radical (unpaired) electrons. The molecule has 0 aliphatic carbocycles. The molecule has 0 amide bonds. The lowest BCUT2D eigenvalue weighted by molar-refractivity contribution is 0.430. The molecular formula is C20H17N3O5S. The molecule has 2 aromatic heterocycles. The number of aryl methyl sites for hydroxylation is 1. The van der Waals surface area contributed by atoms with Gasteiger partial charge in [0, 0.05) is 22.3 Å². The highest BCUT2D eigenvalue weighted by Gasteiger charge is 2.24. The van der Waals surface area contributed by atoms with E-state index in [0.717, 1.165) is 0 Å². The first-order valence-corrected chi connectivity index (χ1v) is 10.1. The standard InChI is InChI=1S/C20H17N3O5S/c1-12-13(2)22-28-19(12)23-29(25,26)18-6-4-3-5-16(18)15-8-7-14(11-17(15)24)20-21-9-10-27-20/h3-11,23-24H,1-2H3. The van der Waals surface area contributed by atoms with Crippen LogP contribution in [0.3, 0.4) is 0 Å². The monoisotopic (exact) mass is 411 g/mol. The molecule has 0 saturated carbocycles. The van der Waals surface area contributed by atoms with Crippen molar-refractivity contribution in [1.82, 2.24) is 10.1 Å². The van der Waals surface area contributed by atoms with E-state index in [-0.39, 0.29) is 16.5 Å². The van der Waals surface area contributed by atoms with Crippen molar-refractivity contribution in [3.8, 4) is 28.3 Å². The highest BCUT2D eigenvalue weighted by Crippen LogP contribution is 2.37. The summed E-state index contributed by atoms with van der Waals surface area (Å²) in [7, 11) is -4.00. The summed E-state index contributed by atoms with van der Waals surface area (Å²) in [5, 5.41) is 14.3. The van der Waals surface area contributed by atoms with E-state index >= 15 is 0 Å². The second-order valence-corrected chi connectivity index (χ2v) is 8.04. The number of phenolic OH excluding ortho intramolecular Hbond substituents is 1. The number of oxazole rings is 1. The second kappa shape index (κ2) is 7.10. The van der Waals surface area contributed by atoms with Crippen LogP contribution in [0, 0.1) is 13.8 Å². The highest BCUT2D eigenvalue weighted by molar-refractivity contribution is 7.92. The predicted octanol–water partition coefficient (Wildman–Crippen LogP) is 4.12. The summed E-state index contributed by atoms with van der Waals surface area (Å²) >= 11 is 0. The Hall–Kier alpha value is -3.59. The van der Waals surface area contributed by atoms with Crippen molar-refractivity contribution in [3.63, 3.8) is 0 Å². The van der Waals surface area contributed by atoms with E-state index in [1.165, 1.54) is 24.6 Å². The first-order valence-electron chi connectivity index (χ1n) is 8.65. The van der Waals surface area contributed by atoms with E-state index in [9.17, 15) is 13.5 Å². The smallest absolute Gasteiger partial charge is 0.264 e. The average molecular weight is 411 g/mol. The lowest BCUT2D eigenvalue weighted by Crippen LogP contribution is -2.14. The fourth-order valence-corrected chi connectivity index (χ4v) is 4.14. The SMILES string of the molecule is Cc1noc(NS(=O)(=O)c2ccccc2-c2ccc(-c3ncco3)cc2O)c1C. The molecule has 8 nitrogen and oxygen atoms in total. The fraction of sp³-hybridized carbons (Fsp3) is 0.100. The van der Waals surface area contributed by atoms with Gasteiger partial charge in [-0.2, -0.15) is 0 Å². The fourth-order valence-electron chi connectivity index (χ4n) is 2.87. The minimum absolute atomic E-state index is 0.00683. The lowest BCUT2D eigenvalue weighted by atomic mass is 10.0. The van der Waals surface area contributed by atoms with Crippen molar-refractivity contribution in [1.29, 1.82) is 0 Å². The third kappa shape index (κ3) is 3.47. The van der Waals surface area contributed by atoms with Crippen LogP contribution in [0.25, 0.3) is 22.6 Å². The first-order chi connectivity index (χ1) is 13.9. The average Bonchev–Trinajstić information content (AvgIpc) is 3.34. The van der Waals surface area contributed by atoms with Crippen LogP contribution < -0.4 is 4.72 Å². The van der Waals surface area contributed by atoms with Crippen molar-refractivity contribution >= 4 is 15.9 Å². The van der Waals surface area contributed by atoms with Gasteiger partial charge in [0.25, 0.3) is 10.0 Å². The van der Waals surface area contributed by atoms with Crippen molar-refractivity contribution in [2.24, 2.45) is 0 Å². The zero-order chi connectivity index (χ0) is 20.6. The topological polar surface area (TPSA) is 118 Å². The molecule has 0 bridgehead atoms. The summed E-state index contributed by atoms with van der Waals surface area (Å²) in [4.78, 5) is 4.04. The van der Waals surface area contributed by atoms with E-state index in [0.29, 0.717) is 33.8 Å². The zero-order valence-corrected chi connectivity index (χ0v) is 16.4. The molecule has 2 heterocycles. The van der Waals surface area contributed by atoms with Gasteiger partial charge in [0.15, 0.2) is 0 Å². The van der Waals surface area contributed by atoms with Gasteiger partial charge in [-0.15, -0.1) is 0 Å². The van der Waals surface area contributed by atoms with Crippen LogP contribution in [0.5, 0.6) is 5.75 Å². The number of nitrogens with one attached hydrogen (secondary N) is 1. The minimum atomic E-state index is -4.00. The Labute approximate surface area is 166 Å². The van der Waals surface area contributed by atoms with Crippen LogP contribution in [0.1, 0.15) is 11.3 Å². The van der Waals surface area contributed by atoms with Gasteiger partial charge in [0.1, 0.15) is 12.0 Å². The lowest BCUT2D eigenvalue weighted by Gasteiger charge is -2.13. The normalized spacial score (nSPS) is 11.5. The number of anilines is 1. The van der Waals surface area contributed by atoms with Crippen LogP contribution >= 0.6 is 0 Å². The Kier molecular flexibility index (Phi) is 4.59. The van der Waals surface area contributed by atoms with Gasteiger partial charge in [-0.25, -0.2) is 18.1 Å². The van der Waals surface area contributed by atoms with Gasteiger partial charge in [-0.1, -0.05) is 23.4 Å². The minimum Gasteiger partial charge on any atom is -0.507 e. The van der Waals surface area contributed by atoms with Crippen LogP contribution in [-0.4, -0.2) is 23.7 Å². The molecule has 0 unspecified atom stereocenters. The molecule has 0 aliphatic heterocycles. The maximum Gasteiger partial charge on any atom is 0.264 e. The number of nitrogens with zero attached hydrogens (tertiary/aromatic N) is 2. The molecule has 2 N–H and O–H groups in total. The van der Waals surface area contributed by atoms with E-state index in [1.807, 2.05) is 0 Å². The number of aromatic nitrogens is 2. The predicted molar refractivity (Wildman–Crippen MR) is 106 cm³/mol. The number of phenols is 1. The van der Waals surface area contributed by atoms with Crippen LogP contribution in [-0.2, 0) is 10.0 Å². The Balaban J connectivity index is 1.76. The third-order valence-electron chi connectivity index (χ3n) is 4.53. The number of sulfonamides is 1. The van der Waals surface area contributed by atoms with Crippen LogP contribution in [0.4, 0.5) is 5.88 Å².